The molecule has 9 nitrogen and oxygen atoms in total. The molecular weight excluding hydrogens is 440 g/mol. The summed E-state index contributed by atoms with van der Waals surface area (Å²) in [5.74, 6) is -0.170. The molecular formula is C17H21ClN4O5S2. The first-order valence-electron chi connectivity index (χ1n) is 8.71. The summed E-state index contributed by atoms with van der Waals surface area (Å²) >= 11 is 6.02. The van der Waals surface area contributed by atoms with Gasteiger partial charge in [0.05, 0.1) is 28.3 Å². The number of halogens is 1. The van der Waals surface area contributed by atoms with Gasteiger partial charge in [-0.1, -0.05) is 11.6 Å². The van der Waals surface area contributed by atoms with E-state index in [0.717, 1.165) is 4.31 Å². The lowest BCUT2D eigenvalue weighted by Gasteiger charge is -2.15. The molecule has 29 heavy (non-hydrogen) atoms. The normalized spacial score (nSPS) is 18.9. The van der Waals surface area contributed by atoms with E-state index in [1.165, 1.54) is 37.0 Å². The number of sulfone groups is 1. The molecule has 1 aromatic heterocycles. The standard InChI is InChI=1S/C17H21ClN4O5S2/c1-11-8-16(22(20-11)13-6-7-28(24,25)10-13)19-17(23)12-4-5-14(18)15(9-12)29(26,27)21(2)3/h4-5,8-9,13H,6-7,10H2,1-3H3,(H,19,23). The van der Waals surface area contributed by atoms with Gasteiger partial charge in [-0.3, -0.25) is 4.79 Å². The van der Waals surface area contributed by atoms with Crippen LogP contribution in [-0.4, -0.2) is 62.4 Å². The van der Waals surface area contributed by atoms with Gasteiger partial charge in [-0.05, 0) is 31.5 Å². The number of nitrogens with zero attached hydrogens (tertiary/aromatic N) is 3. The zero-order valence-corrected chi connectivity index (χ0v) is 18.5. The summed E-state index contributed by atoms with van der Waals surface area (Å²) in [6.45, 7) is 1.74. The number of carbonyl (C=O) groups is 1. The van der Waals surface area contributed by atoms with Crippen LogP contribution in [0.4, 0.5) is 5.82 Å². The third-order valence-corrected chi connectivity index (χ3v) is 8.65. The van der Waals surface area contributed by atoms with Crippen molar-refractivity contribution in [2.75, 3.05) is 30.9 Å². The van der Waals surface area contributed by atoms with Crippen LogP contribution >= 0.6 is 11.6 Å². The third kappa shape index (κ3) is 4.47. The lowest BCUT2D eigenvalue weighted by atomic mass is 10.2. The van der Waals surface area contributed by atoms with Crippen molar-refractivity contribution in [3.63, 3.8) is 0 Å². The van der Waals surface area contributed by atoms with Crippen LogP contribution in [0.1, 0.15) is 28.5 Å². The Hall–Kier alpha value is -1.95. The average molecular weight is 461 g/mol. The molecule has 0 bridgehead atoms. The molecule has 1 unspecified atom stereocenters. The van der Waals surface area contributed by atoms with Crippen LogP contribution in [-0.2, 0) is 19.9 Å². The van der Waals surface area contributed by atoms with Gasteiger partial charge < -0.3 is 5.32 Å². The molecule has 1 aliphatic heterocycles. The van der Waals surface area contributed by atoms with Crippen LogP contribution in [0.2, 0.25) is 5.02 Å². The van der Waals surface area contributed by atoms with Gasteiger partial charge >= 0.3 is 0 Å². The zero-order valence-electron chi connectivity index (χ0n) is 16.1. The average Bonchev–Trinajstić information content (AvgIpc) is 3.16. The van der Waals surface area contributed by atoms with Gasteiger partial charge in [-0.2, -0.15) is 5.10 Å². The van der Waals surface area contributed by atoms with Crippen LogP contribution in [0.15, 0.2) is 29.2 Å². The van der Waals surface area contributed by atoms with Crippen LogP contribution < -0.4 is 5.32 Å². The molecule has 2 heterocycles. The van der Waals surface area contributed by atoms with Crippen LogP contribution in [0.5, 0.6) is 0 Å². The number of benzene rings is 1. The van der Waals surface area contributed by atoms with Crippen molar-refractivity contribution >= 4 is 43.2 Å². The first-order chi connectivity index (χ1) is 13.4. The van der Waals surface area contributed by atoms with Crippen LogP contribution in [0.3, 0.4) is 0 Å². The monoisotopic (exact) mass is 460 g/mol. The molecule has 0 spiro atoms. The molecule has 1 atom stereocenters. The number of rotatable bonds is 5. The van der Waals surface area contributed by atoms with Gasteiger partial charge in [-0.15, -0.1) is 0 Å². The SMILES string of the molecule is Cc1cc(NC(=O)c2ccc(Cl)c(S(=O)(=O)N(C)C)c2)n(C2CCS(=O)(=O)C2)n1. The van der Waals surface area contributed by atoms with E-state index in [1.807, 2.05) is 0 Å². The number of anilines is 1. The van der Waals surface area contributed by atoms with Crippen molar-refractivity contribution in [1.29, 1.82) is 0 Å². The zero-order chi connectivity index (χ0) is 21.6. The second-order valence-electron chi connectivity index (χ2n) is 7.06. The Bertz CT molecular complexity index is 1170. The van der Waals surface area contributed by atoms with E-state index >= 15 is 0 Å². The minimum Gasteiger partial charge on any atom is -0.307 e. The van der Waals surface area contributed by atoms with Crippen molar-refractivity contribution in [2.45, 2.75) is 24.3 Å². The van der Waals surface area contributed by atoms with E-state index in [0.29, 0.717) is 17.9 Å². The Morgan fingerprint density at radius 1 is 1.31 bits per heavy atom. The Balaban J connectivity index is 1.91. The predicted molar refractivity (Wildman–Crippen MR) is 110 cm³/mol. The fourth-order valence-electron chi connectivity index (χ4n) is 3.08. The highest BCUT2D eigenvalue weighted by Gasteiger charge is 2.31. The lowest BCUT2D eigenvalue weighted by Crippen LogP contribution is -2.23. The summed E-state index contributed by atoms with van der Waals surface area (Å²) in [6, 6.07) is 5.24. The number of sulfonamides is 1. The largest absolute Gasteiger partial charge is 0.307 e. The summed E-state index contributed by atoms with van der Waals surface area (Å²) < 4.78 is 50.9. The number of aryl methyl sites for hydroxylation is 1. The topological polar surface area (TPSA) is 118 Å². The Labute approximate surface area is 174 Å². The van der Waals surface area contributed by atoms with Gasteiger partial charge in [0.25, 0.3) is 5.91 Å². The fourth-order valence-corrected chi connectivity index (χ4v) is 6.17. The minimum atomic E-state index is -3.83. The van der Waals surface area contributed by atoms with Crippen molar-refractivity contribution < 1.29 is 21.6 Å². The lowest BCUT2D eigenvalue weighted by molar-refractivity contribution is 0.102. The fraction of sp³-hybridized carbons (Fsp3) is 0.412. The molecule has 1 N–H and O–H groups in total. The quantitative estimate of drug-likeness (QED) is 0.725. The Kier molecular flexibility index (Phi) is 5.78. The van der Waals surface area contributed by atoms with Gasteiger partial charge in [-0.25, -0.2) is 25.8 Å². The smallest absolute Gasteiger partial charge is 0.256 e. The molecule has 1 saturated heterocycles. The van der Waals surface area contributed by atoms with Gasteiger partial charge in [0, 0.05) is 25.7 Å². The highest BCUT2D eigenvalue weighted by Crippen LogP contribution is 2.28. The third-order valence-electron chi connectivity index (χ3n) is 4.61. The van der Waals surface area contributed by atoms with E-state index < -0.39 is 25.8 Å². The molecule has 0 radical (unpaired) electrons. The minimum absolute atomic E-state index is 0.00676. The highest BCUT2D eigenvalue weighted by atomic mass is 35.5. The van der Waals surface area contributed by atoms with Crippen molar-refractivity contribution in [1.82, 2.24) is 14.1 Å². The number of hydrogen-bond acceptors (Lipinski definition) is 6. The summed E-state index contributed by atoms with van der Waals surface area (Å²) in [7, 11) is -4.21. The number of nitrogens with one attached hydrogen (secondary N) is 1. The molecule has 12 heteroatoms. The van der Waals surface area contributed by atoms with E-state index in [9.17, 15) is 21.6 Å². The molecule has 2 aromatic rings. The second-order valence-corrected chi connectivity index (χ2v) is 11.8. The first-order valence-corrected chi connectivity index (χ1v) is 12.3. The van der Waals surface area contributed by atoms with Gasteiger partial charge in [0.1, 0.15) is 10.7 Å². The molecule has 158 valence electrons. The maximum atomic E-state index is 12.8. The molecule has 1 aliphatic rings. The number of amides is 1. The summed E-state index contributed by atoms with van der Waals surface area (Å²) in [6.07, 6.45) is 0.415. The molecule has 1 amide bonds. The van der Waals surface area contributed by atoms with Gasteiger partial charge in [0.2, 0.25) is 10.0 Å². The predicted octanol–water partition coefficient (Wildman–Crippen LogP) is 1.71. The van der Waals surface area contributed by atoms with Gasteiger partial charge in [0.15, 0.2) is 9.84 Å². The molecule has 3 rings (SSSR count). The van der Waals surface area contributed by atoms with Crippen LogP contribution in [0, 0.1) is 6.92 Å². The second kappa shape index (κ2) is 7.71. The number of aromatic nitrogens is 2. The van der Waals surface area contributed by atoms with Crippen molar-refractivity contribution in [2.24, 2.45) is 0 Å². The molecule has 1 aromatic carbocycles. The van der Waals surface area contributed by atoms with Crippen LogP contribution in [0.25, 0.3) is 0 Å². The summed E-state index contributed by atoms with van der Waals surface area (Å²) in [4.78, 5) is 12.6. The highest BCUT2D eigenvalue weighted by molar-refractivity contribution is 7.91. The summed E-state index contributed by atoms with van der Waals surface area (Å²) in [5.41, 5.74) is 0.718. The van der Waals surface area contributed by atoms with Crippen molar-refractivity contribution in [3.8, 4) is 0 Å². The molecule has 0 saturated carbocycles. The van der Waals surface area contributed by atoms with E-state index in [4.69, 9.17) is 11.6 Å². The number of carbonyl (C=O) groups excluding carboxylic acids is 1. The summed E-state index contributed by atoms with van der Waals surface area (Å²) in [5, 5.41) is 7.01. The maximum absolute atomic E-state index is 12.8. The maximum Gasteiger partial charge on any atom is 0.256 e. The van der Waals surface area contributed by atoms with E-state index in [2.05, 4.69) is 10.4 Å². The Morgan fingerprint density at radius 3 is 2.59 bits per heavy atom. The number of hydrogen-bond donors (Lipinski definition) is 1. The Morgan fingerprint density at radius 2 is 2.00 bits per heavy atom. The first kappa shape index (κ1) is 21.8. The van der Waals surface area contributed by atoms with Crippen molar-refractivity contribution in [3.05, 3.63) is 40.5 Å². The molecule has 0 aliphatic carbocycles. The molecule has 1 fully saturated rings. The van der Waals surface area contributed by atoms with E-state index in [-0.39, 0.29) is 33.0 Å². The van der Waals surface area contributed by atoms with E-state index in [1.54, 1.807) is 13.0 Å².